The highest BCUT2D eigenvalue weighted by Crippen LogP contribution is 2.47. The molecule has 0 unspecified atom stereocenters. The SMILES string of the molecule is CS(=O)(=O)N[C@@H](Cc1ccc(Cl)cc1)C(=O)N1CCC(Cn2cncn2)(C2CCCCC2)CC1. The molecule has 34 heavy (non-hydrogen) atoms. The molecule has 0 radical (unpaired) electrons. The van der Waals surface area contributed by atoms with Gasteiger partial charge < -0.3 is 4.90 Å². The molecule has 1 aromatic carbocycles. The Kier molecular flexibility index (Phi) is 7.94. The lowest BCUT2D eigenvalue weighted by atomic mass is 9.63. The second-order valence-electron chi connectivity index (χ2n) is 9.89. The van der Waals surface area contributed by atoms with Crippen LogP contribution in [0.15, 0.2) is 36.9 Å². The lowest BCUT2D eigenvalue weighted by Crippen LogP contribution is -2.54. The zero-order valence-electron chi connectivity index (χ0n) is 19.7. The lowest BCUT2D eigenvalue weighted by Gasteiger charge is -2.48. The van der Waals surface area contributed by atoms with Crippen molar-refractivity contribution in [1.82, 2.24) is 24.4 Å². The maximum atomic E-state index is 13.5. The first-order chi connectivity index (χ1) is 16.2. The first kappa shape index (κ1) is 25.1. The van der Waals surface area contributed by atoms with Gasteiger partial charge in [0.05, 0.1) is 6.26 Å². The first-order valence-corrected chi connectivity index (χ1v) is 14.3. The number of hydrogen-bond acceptors (Lipinski definition) is 5. The van der Waals surface area contributed by atoms with Gasteiger partial charge in [0, 0.05) is 24.7 Å². The standard InChI is InChI=1S/C24H34ClN5O3S/c1-34(32,33)28-22(15-19-7-9-21(25)10-8-19)23(31)29-13-11-24(12-14-29,16-30-18-26-17-27-30)20-5-3-2-4-6-20/h7-10,17-18,20,22,28H,2-6,11-16H2,1H3/t22-/m0/s1. The Hall–Kier alpha value is -1.97. The fraction of sp³-hybridized carbons (Fsp3) is 0.625. The van der Waals surface area contributed by atoms with Gasteiger partial charge in [-0.2, -0.15) is 5.10 Å². The van der Waals surface area contributed by atoms with Crippen LogP contribution in [-0.2, 0) is 27.8 Å². The van der Waals surface area contributed by atoms with Crippen molar-refractivity contribution in [3.05, 3.63) is 47.5 Å². The van der Waals surface area contributed by atoms with Gasteiger partial charge in [0.15, 0.2) is 0 Å². The third kappa shape index (κ3) is 6.37. The maximum Gasteiger partial charge on any atom is 0.241 e. The first-order valence-electron chi connectivity index (χ1n) is 12.1. The van der Waals surface area contributed by atoms with Crippen molar-refractivity contribution in [3.63, 3.8) is 0 Å². The minimum atomic E-state index is -3.55. The predicted octanol–water partition coefficient (Wildman–Crippen LogP) is 3.28. The molecule has 0 spiro atoms. The molecule has 8 nitrogen and oxygen atoms in total. The van der Waals surface area contributed by atoms with E-state index in [4.69, 9.17) is 11.6 Å². The molecule has 4 rings (SSSR count). The van der Waals surface area contributed by atoms with Crippen LogP contribution in [0.3, 0.4) is 0 Å². The third-order valence-electron chi connectivity index (χ3n) is 7.49. The van der Waals surface area contributed by atoms with Crippen LogP contribution in [0, 0.1) is 11.3 Å². The van der Waals surface area contributed by atoms with Gasteiger partial charge >= 0.3 is 0 Å². The van der Waals surface area contributed by atoms with Gasteiger partial charge in [-0.3, -0.25) is 9.48 Å². The number of sulfonamides is 1. The average Bonchev–Trinajstić information content (AvgIpc) is 3.33. The molecular weight excluding hydrogens is 474 g/mol. The smallest absolute Gasteiger partial charge is 0.241 e. The maximum absolute atomic E-state index is 13.5. The Morgan fingerprint density at radius 2 is 1.85 bits per heavy atom. The number of amides is 1. The van der Waals surface area contributed by atoms with Crippen LogP contribution in [0.1, 0.15) is 50.5 Å². The number of hydrogen-bond donors (Lipinski definition) is 1. The summed E-state index contributed by atoms with van der Waals surface area (Å²) in [4.78, 5) is 19.5. The van der Waals surface area contributed by atoms with E-state index in [1.807, 2.05) is 21.7 Å². The largest absolute Gasteiger partial charge is 0.341 e. The highest BCUT2D eigenvalue weighted by Gasteiger charge is 2.43. The highest BCUT2D eigenvalue weighted by atomic mass is 35.5. The van der Waals surface area contributed by atoms with Crippen molar-refractivity contribution >= 4 is 27.5 Å². The Labute approximate surface area is 207 Å². The Bertz CT molecular complexity index is 1040. The Balaban J connectivity index is 1.48. The second kappa shape index (κ2) is 10.7. The summed E-state index contributed by atoms with van der Waals surface area (Å²) in [6, 6.07) is 6.32. The van der Waals surface area contributed by atoms with Gasteiger partial charge in [0.1, 0.15) is 18.7 Å². The van der Waals surface area contributed by atoms with Crippen LogP contribution in [-0.4, -0.2) is 59.4 Å². The molecule has 1 aliphatic heterocycles. The molecule has 10 heteroatoms. The normalized spacial score (nSPS) is 20.2. The van der Waals surface area contributed by atoms with Crippen molar-refractivity contribution in [2.24, 2.45) is 11.3 Å². The number of nitrogens with one attached hydrogen (secondary N) is 1. The fourth-order valence-electron chi connectivity index (χ4n) is 5.73. The Morgan fingerprint density at radius 1 is 1.18 bits per heavy atom. The summed E-state index contributed by atoms with van der Waals surface area (Å²) in [6.45, 7) is 2.05. The summed E-state index contributed by atoms with van der Waals surface area (Å²) >= 11 is 5.98. The molecule has 2 aromatic rings. The van der Waals surface area contributed by atoms with Crippen LogP contribution >= 0.6 is 11.6 Å². The number of halogens is 1. The van der Waals surface area contributed by atoms with Crippen LogP contribution in [0.2, 0.25) is 5.02 Å². The number of carbonyl (C=O) groups is 1. The number of benzene rings is 1. The van der Waals surface area contributed by atoms with E-state index in [2.05, 4.69) is 14.8 Å². The monoisotopic (exact) mass is 507 g/mol. The summed E-state index contributed by atoms with van der Waals surface area (Å²) in [5, 5.41) is 4.97. The Morgan fingerprint density at radius 3 is 2.44 bits per heavy atom. The molecule has 1 aromatic heterocycles. The van der Waals surface area contributed by atoms with Gasteiger partial charge in [-0.05, 0) is 61.1 Å². The molecule has 186 valence electrons. The molecule has 1 saturated carbocycles. The number of piperidine rings is 1. The van der Waals surface area contributed by atoms with Crippen molar-refractivity contribution in [1.29, 1.82) is 0 Å². The van der Waals surface area contributed by atoms with E-state index in [1.54, 1.807) is 24.8 Å². The van der Waals surface area contributed by atoms with E-state index in [9.17, 15) is 13.2 Å². The van der Waals surface area contributed by atoms with Gasteiger partial charge in [0.2, 0.25) is 15.9 Å². The second-order valence-corrected chi connectivity index (χ2v) is 12.1. The lowest BCUT2D eigenvalue weighted by molar-refractivity contribution is -0.136. The van der Waals surface area contributed by atoms with Gasteiger partial charge in [0.25, 0.3) is 0 Å². The molecule has 2 fully saturated rings. The van der Waals surface area contributed by atoms with E-state index in [0.29, 0.717) is 24.0 Å². The number of aromatic nitrogens is 3. The molecule has 1 N–H and O–H groups in total. The van der Waals surface area contributed by atoms with Gasteiger partial charge in [-0.15, -0.1) is 0 Å². The number of nitrogens with zero attached hydrogens (tertiary/aromatic N) is 4. The molecule has 1 atom stereocenters. The molecule has 2 aliphatic rings. The van der Waals surface area contributed by atoms with E-state index < -0.39 is 16.1 Å². The minimum absolute atomic E-state index is 0.0842. The molecule has 1 saturated heterocycles. The quantitative estimate of drug-likeness (QED) is 0.591. The van der Waals surface area contributed by atoms with E-state index in [-0.39, 0.29) is 17.7 Å². The van der Waals surface area contributed by atoms with E-state index in [1.165, 1.54) is 32.1 Å². The van der Waals surface area contributed by atoms with Crippen LogP contribution < -0.4 is 4.72 Å². The van der Waals surface area contributed by atoms with Gasteiger partial charge in [-0.1, -0.05) is 43.0 Å². The summed E-state index contributed by atoms with van der Waals surface area (Å²) in [7, 11) is -3.55. The number of rotatable bonds is 8. The van der Waals surface area contributed by atoms with Crippen LogP contribution in [0.5, 0.6) is 0 Å². The van der Waals surface area contributed by atoms with Crippen molar-refractivity contribution < 1.29 is 13.2 Å². The summed E-state index contributed by atoms with van der Waals surface area (Å²) < 4.78 is 28.6. The third-order valence-corrected chi connectivity index (χ3v) is 8.46. The zero-order chi connectivity index (χ0) is 24.2. The van der Waals surface area contributed by atoms with Gasteiger partial charge in [-0.25, -0.2) is 18.1 Å². The zero-order valence-corrected chi connectivity index (χ0v) is 21.3. The van der Waals surface area contributed by atoms with Crippen molar-refractivity contribution in [2.45, 2.75) is 64.0 Å². The summed E-state index contributed by atoms with van der Waals surface area (Å²) in [5.74, 6) is 0.445. The predicted molar refractivity (Wildman–Crippen MR) is 132 cm³/mol. The van der Waals surface area contributed by atoms with Crippen molar-refractivity contribution in [3.8, 4) is 0 Å². The molecule has 0 bridgehead atoms. The van der Waals surface area contributed by atoms with Crippen LogP contribution in [0.25, 0.3) is 0 Å². The number of likely N-dealkylation sites (tertiary alicyclic amines) is 1. The molecular formula is C24H34ClN5O3S. The molecule has 2 heterocycles. The molecule has 1 aliphatic carbocycles. The van der Waals surface area contributed by atoms with Crippen LogP contribution in [0.4, 0.5) is 0 Å². The van der Waals surface area contributed by atoms with E-state index in [0.717, 1.165) is 31.2 Å². The number of carbonyl (C=O) groups excluding carboxylic acids is 1. The van der Waals surface area contributed by atoms with Crippen molar-refractivity contribution in [2.75, 3.05) is 19.3 Å². The van der Waals surface area contributed by atoms with E-state index >= 15 is 0 Å². The minimum Gasteiger partial charge on any atom is -0.341 e. The summed E-state index contributed by atoms with van der Waals surface area (Å²) in [6.07, 6.45) is 12.8. The average molecular weight is 508 g/mol. The topological polar surface area (TPSA) is 97.2 Å². The summed E-state index contributed by atoms with van der Waals surface area (Å²) in [5.41, 5.74) is 0.944. The molecule has 1 amide bonds. The fourth-order valence-corrected chi connectivity index (χ4v) is 6.56. The highest BCUT2D eigenvalue weighted by molar-refractivity contribution is 7.88.